The average Bonchev–Trinajstić information content (AvgIpc) is 3.20. The molecule has 0 saturated carbocycles. The first-order valence-corrected chi connectivity index (χ1v) is 7.90. The molecule has 4 nitrogen and oxygen atoms in total. The predicted octanol–water partition coefficient (Wildman–Crippen LogP) is 4.52. The van der Waals surface area contributed by atoms with Crippen LogP contribution in [0.15, 0.2) is 46.4 Å². The van der Waals surface area contributed by atoms with E-state index in [1.54, 1.807) is 17.6 Å². The zero-order valence-corrected chi connectivity index (χ0v) is 13.1. The number of aryl methyl sites for hydroxylation is 2. The van der Waals surface area contributed by atoms with E-state index in [1.807, 2.05) is 21.9 Å². The topological polar surface area (TPSA) is 56.5 Å². The lowest BCUT2D eigenvalue weighted by Gasteiger charge is -2.04. The standard InChI is InChI=1S/C17H15N3OS/c1-10-5-6-12(8-11(10)2)15-16(18)20-13(9-22-17(20)19-15)14-4-3-7-21-14/h3-9H,18H2,1-2H3. The van der Waals surface area contributed by atoms with Crippen molar-refractivity contribution >= 4 is 22.1 Å². The van der Waals surface area contributed by atoms with Gasteiger partial charge in [-0.15, -0.1) is 11.3 Å². The third kappa shape index (κ3) is 1.86. The molecule has 4 rings (SSSR count). The van der Waals surface area contributed by atoms with Crippen LogP contribution in [0.3, 0.4) is 0 Å². The third-order valence-electron chi connectivity index (χ3n) is 3.95. The summed E-state index contributed by atoms with van der Waals surface area (Å²) in [6.45, 7) is 4.20. The number of aromatic nitrogens is 2. The summed E-state index contributed by atoms with van der Waals surface area (Å²) < 4.78 is 7.45. The van der Waals surface area contributed by atoms with Crippen LogP contribution in [-0.2, 0) is 0 Å². The van der Waals surface area contributed by atoms with E-state index in [4.69, 9.17) is 15.1 Å². The summed E-state index contributed by atoms with van der Waals surface area (Å²) >= 11 is 1.56. The molecule has 0 saturated heterocycles. The maximum atomic E-state index is 6.38. The molecule has 0 bridgehead atoms. The van der Waals surface area contributed by atoms with E-state index in [9.17, 15) is 0 Å². The van der Waals surface area contributed by atoms with E-state index in [-0.39, 0.29) is 0 Å². The highest BCUT2D eigenvalue weighted by Crippen LogP contribution is 2.34. The summed E-state index contributed by atoms with van der Waals surface area (Å²) in [6.07, 6.45) is 1.66. The fourth-order valence-corrected chi connectivity index (χ4v) is 3.46. The first kappa shape index (κ1) is 13.2. The Balaban J connectivity index is 1.93. The zero-order valence-electron chi connectivity index (χ0n) is 12.3. The summed E-state index contributed by atoms with van der Waals surface area (Å²) in [5.41, 5.74) is 11.7. The third-order valence-corrected chi connectivity index (χ3v) is 4.78. The largest absolute Gasteiger partial charge is 0.463 e. The number of imidazole rings is 1. The molecule has 0 spiro atoms. The van der Waals surface area contributed by atoms with Gasteiger partial charge in [0.15, 0.2) is 10.7 Å². The average molecular weight is 309 g/mol. The van der Waals surface area contributed by atoms with Crippen LogP contribution in [0.4, 0.5) is 5.82 Å². The molecule has 0 amide bonds. The number of benzene rings is 1. The van der Waals surface area contributed by atoms with E-state index >= 15 is 0 Å². The molecule has 0 aliphatic carbocycles. The Bertz CT molecular complexity index is 964. The van der Waals surface area contributed by atoms with Gasteiger partial charge in [0.2, 0.25) is 0 Å². The Morgan fingerprint density at radius 2 is 2.05 bits per heavy atom. The fraction of sp³-hybridized carbons (Fsp3) is 0.118. The van der Waals surface area contributed by atoms with E-state index in [0.717, 1.165) is 27.7 Å². The zero-order chi connectivity index (χ0) is 15.3. The highest BCUT2D eigenvalue weighted by atomic mass is 32.1. The lowest BCUT2D eigenvalue weighted by atomic mass is 10.0. The molecule has 0 atom stereocenters. The number of rotatable bonds is 2. The molecule has 5 heteroatoms. The van der Waals surface area contributed by atoms with Crippen LogP contribution < -0.4 is 5.73 Å². The quantitative estimate of drug-likeness (QED) is 0.592. The van der Waals surface area contributed by atoms with Crippen molar-refractivity contribution in [3.8, 4) is 22.7 Å². The Hall–Kier alpha value is -2.53. The molecular formula is C17H15N3OS. The minimum Gasteiger partial charge on any atom is -0.463 e. The van der Waals surface area contributed by atoms with Gasteiger partial charge in [0.05, 0.1) is 6.26 Å². The van der Waals surface area contributed by atoms with Crippen molar-refractivity contribution in [3.05, 3.63) is 53.1 Å². The number of furan rings is 1. The number of anilines is 1. The van der Waals surface area contributed by atoms with Crippen LogP contribution >= 0.6 is 11.3 Å². The van der Waals surface area contributed by atoms with Crippen molar-refractivity contribution < 1.29 is 4.42 Å². The number of nitrogens with two attached hydrogens (primary N) is 1. The fourth-order valence-electron chi connectivity index (χ4n) is 2.58. The van der Waals surface area contributed by atoms with E-state index in [1.165, 1.54) is 11.1 Å². The molecule has 4 aromatic rings. The molecule has 3 heterocycles. The van der Waals surface area contributed by atoms with E-state index in [2.05, 4.69) is 32.0 Å². The SMILES string of the molecule is Cc1ccc(-c2nc3scc(-c4ccco4)n3c2N)cc1C. The molecule has 22 heavy (non-hydrogen) atoms. The molecule has 0 aliphatic heterocycles. The van der Waals surface area contributed by atoms with Crippen molar-refractivity contribution in [3.63, 3.8) is 0 Å². The second kappa shape index (κ2) is 4.74. The Morgan fingerprint density at radius 1 is 1.18 bits per heavy atom. The summed E-state index contributed by atoms with van der Waals surface area (Å²) in [7, 11) is 0. The Labute approximate surface area is 131 Å². The van der Waals surface area contributed by atoms with Crippen molar-refractivity contribution in [1.29, 1.82) is 0 Å². The van der Waals surface area contributed by atoms with Crippen molar-refractivity contribution in [2.45, 2.75) is 13.8 Å². The lowest BCUT2D eigenvalue weighted by Crippen LogP contribution is -1.95. The number of hydrogen-bond acceptors (Lipinski definition) is 4. The van der Waals surface area contributed by atoms with Gasteiger partial charge in [-0.1, -0.05) is 12.1 Å². The normalized spacial score (nSPS) is 11.4. The summed E-state index contributed by atoms with van der Waals surface area (Å²) in [6, 6.07) is 10.1. The summed E-state index contributed by atoms with van der Waals surface area (Å²) in [4.78, 5) is 5.57. The first-order valence-electron chi connectivity index (χ1n) is 7.02. The molecule has 0 fully saturated rings. The molecule has 110 valence electrons. The maximum absolute atomic E-state index is 6.38. The number of fused-ring (bicyclic) bond motifs is 1. The molecular weight excluding hydrogens is 294 g/mol. The number of nitrogens with zero attached hydrogens (tertiary/aromatic N) is 2. The van der Waals surface area contributed by atoms with Crippen LogP contribution in [0.5, 0.6) is 0 Å². The maximum Gasteiger partial charge on any atom is 0.196 e. The van der Waals surface area contributed by atoms with Crippen LogP contribution in [-0.4, -0.2) is 9.38 Å². The highest BCUT2D eigenvalue weighted by Gasteiger charge is 2.18. The van der Waals surface area contributed by atoms with Gasteiger partial charge < -0.3 is 10.2 Å². The second-order valence-corrected chi connectivity index (χ2v) is 6.20. The highest BCUT2D eigenvalue weighted by molar-refractivity contribution is 7.15. The van der Waals surface area contributed by atoms with Gasteiger partial charge in [-0.05, 0) is 43.2 Å². The van der Waals surface area contributed by atoms with E-state index < -0.39 is 0 Å². The molecule has 3 aromatic heterocycles. The van der Waals surface area contributed by atoms with Gasteiger partial charge >= 0.3 is 0 Å². The van der Waals surface area contributed by atoms with Gasteiger partial charge in [0, 0.05) is 10.9 Å². The van der Waals surface area contributed by atoms with Crippen molar-refractivity contribution in [1.82, 2.24) is 9.38 Å². The number of nitrogen functional groups attached to an aromatic ring is 1. The van der Waals surface area contributed by atoms with Gasteiger partial charge in [-0.2, -0.15) is 0 Å². The first-order chi connectivity index (χ1) is 10.6. The number of hydrogen-bond donors (Lipinski definition) is 1. The molecule has 0 aliphatic rings. The smallest absolute Gasteiger partial charge is 0.196 e. The molecule has 0 radical (unpaired) electrons. The Kier molecular flexibility index (Phi) is 2.84. The predicted molar refractivity (Wildman–Crippen MR) is 90.1 cm³/mol. The molecule has 2 N–H and O–H groups in total. The Morgan fingerprint density at radius 3 is 2.77 bits per heavy atom. The minimum atomic E-state index is 0.644. The molecule has 0 unspecified atom stereocenters. The van der Waals surface area contributed by atoms with Crippen molar-refractivity contribution in [2.24, 2.45) is 0 Å². The second-order valence-electron chi connectivity index (χ2n) is 5.36. The number of thiazole rings is 1. The summed E-state index contributed by atoms with van der Waals surface area (Å²) in [5.74, 6) is 1.44. The van der Waals surface area contributed by atoms with E-state index in [0.29, 0.717) is 5.82 Å². The van der Waals surface area contributed by atoms with Gasteiger partial charge in [0.1, 0.15) is 17.2 Å². The van der Waals surface area contributed by atoms with Gasteiger partial charge in [0.25, 0.3) is 0 Å². The van der Waals surface area contributed by atoms with Crippen LogP contribution in [0.2, 0.25) is 0 Å². The van der Waals surface area contributed by atoms with Crippen LogP contribution in [0.25, 0.3) is 27.7 Å². The summed E-state index contributed by atoms with van der Waals surface area (Å²) in [5, 5.41) is 2.02. The lowest BCUT2D eigenvalue weighted by molar-refractivity contribution is 0.579. The van der Waals surface area contributed by atoms with Gasteiger partial charge in [-0.3, -0.25) is 4.40 Å². The minimum absolute atomic E-state index is 0.644. The van der Waals surface area contributed by atoms with Crippen LogP contribution in [0.1, 0.15) is 11.1 Å². The van der Waals surface area contributed by atoms with Crippen LogP contribution in [0, 0.1) is 13.8 Å². The van der Waals surface area contributed by atoms with Gasteiger partial charge in [-0.25, -0.2) is 4.98 Å². The molecule has 1 aromatic carbocycles. The monoisotopic (exact) mass is 309 g/mol. The van der Waals surface area contributed by atoms with Crippen molar-refractivity contribution in [2.75, 3.05) is 5.73 Å².